The molecule has 0 amide bonds. The lowest BCUT2D eigenvalue weighted by Gasteiger charge is -1.97. The van der Waals surface area contributed by atoms with Crippen LogP contribution in [-0.4, -0.2) is 15.6 Å². The molecule has 6 heteroatoms. The number of nitriles is 1. The summed E-state index contributed by atoms with van der Waals surface area (Å²) in [5.74, 6) is 5.33. The average molecular weight is 228 g/mol. The molecule has 0 bridgehead atoms. The fourth-order valence-electron chi connectivity index (χ4n) is 1.39. The Hall–Kier alpha value is -2.68. The Balaban J connectivity index is 2.12. The smallest absolute Gasteiger partial charge is 0.286 e. The molecule has 2 N–H and O–H groups in total. The lowest BCUT2D eigenvalue weighted by Crippen LogP contribution is -2.42. The van der Waals surface area contributed by atoms with Crippen LogP contribution in [0.15, 0.2) is 36.9 Å². The van der Waals surface area contributed by atoms with Gasteiger partial charge in [0.15, 0.2) is 12.3 Å². The lowest BCUT2D eigenvalue weighted by atomic mass is 10.1. The molecule has 0 saturated carbocycles. The van der Waals surface area contributed by atoms with Crippen molar-refractivity contribution >= 4 is 5.78 Å². The maximum atomic E-state index is 11.8. The number of benzene rings is 1. The van der Waals surface area contributed by atoms with Crippen molar-refractivity contribution in [2.24, 2.45) is 0 Å². The van der Waals surface area contributed by atoms with E-state index < -0.39 is 0 Å². The van der Waals surface area contributed by atoms with Gasteiger partial charge in [0.25, 0.3) is 6.33 Å². The van der Waals surface area contributed by atoms with Gasteiger partial charge < -0.3 is 0 Å². The highest BCUT2D eigenvalue weighted by Gasteiger charge is 2.12. The van der Waals surface area contributed by atoms with E-state index in [1.54, 1.807) is 24.3 Å². The maximum absolute atomic E-state index is 11.8. The Bertz CT molecular complexity index is 579. The molecule has 0 atom stereocenters. The summed E-state index contributed by atoms with van der Waals surface area (Å²) < 4.78 is 2.71. The van der Waals surface area contributed by atoms with Gasteiger partial charge >= 0.3 is 0 Å². The van der Waals surface area contributed by atoms with E-state index in [-0.39, 0.29) is 12.3 Å². The zero-order chi connectivity index (χ0) is 12.3. The quantitative estimate of drug-likeness (QED) is 0.441. The Morgan fingerprint density at radius 3 is 2.71 bits per heavy atom. The molecule has 0 saturated heterocycles. The number of aromatic nitrogens is 3. The Kier molecular flexibility index (Phi) is 2.83. The van der Waals surface area contributed by atoms with Crippen LogP contribution in [0.2, 0.25) is 0 Å². The number of nitrogens with zero attached hydrogens (tertiary/aromatic N) is 4. The van der Waals surface area contributed by atoms with Crippen molar-refractivity contribution in [1.82, 2.24) is 9.78 Å². The number of ketones is 1. The first-order valence-corrected chi connectivity index (χ1v) is 4.91. The van der Waals surface area contributed by atoms with E-state index in [9.17, 15) is 4.79 Å². The number of nitrogen functional groups attached to an aromatic ring is 1. The Labute approximate surface area is 97.5 Å². The van der Waals surface area contributed by atoms with Gasteiger partial charge in [0.05, 0.1) is 11.6 Å². The van der Waals surface area contributed by atoms with Crippen LogP contribution in [0.3, 0.4) is 0 Å². The highest BCUT2D eigenvalue weighted by Crippen LogP contribution is 2.05. The van der Waals surface area contributed by atoms with E-state index >= 15 is 0 Å². The second kappa shape index (κ2) is 4.45. The molecule has 0 spiro atoms. The fourth-order valence-corrected chi connectivity index (χ4v) is 1.39. The molecule has 0 aliphatic rings. The minimum atomic E-state index is -0.0850. The molecule has 1 aromatic heterocycles. The zero-order valence-electron chi connectivity index (χ0n) is 8.95. The van der Waals surface area contributed by atoms with Crippen LogP contribution in [0, 0.1) is 11.3 Å². The molecular formula is C11H10N5O+. The van der Waals surface area contributed by atoms with Gasteiger partial charge in [-0.3, -0.25) is 10.6 Å². The van der Waals surface area contributed by atoms with E-state index in [1.165, 1.54) is 22.0 Å². The van der Waals surface area contributed by atoms with E-state index in [1.807, 2.05) is 6.07 Å². The van der Waals surface area contributed by atoms with Crippen LogP contribution in [0.1, 0.15) is 15.9 Å². The number of carbonyl (C=O) groups excluding carboxylic acids is 1. The molecule has 17 heavy (non-hydrogen) atoms. The largest absolute Gasteiger partial charge is 0.290 e. The van der Waals surface area contributed by atoms with Crippen molar-refractivity contribution in [2.45, 2.75) is 6.54 Å². The van der Waals surface area contributed by atoms with Gasteiger partial charge in [-0.2, -0.15) is 5.26 Å². The molecule has 2 rings (SSSR count). The fraction of sp³-hybridized carbons (Fsp3) is 0.0909. The Morgan fingerprint density at radius 2 is 2.18 bits per heavy atom. The minimum absolute atomic E-state index is 0.0850. The number of Topliss-reactive ketones (excluding diaryl/α,β-unsaturated/α-hetero) is 1. The molecule has 0 radical (unpaired) electrons. The van der Waals surface area contributed by atoms with Crippen LogP contribution in [0.4, 0.5) is 0 Å². The van der Waals surface area contributed by atoms with Gasteiger partial charge in [0, 0.05) is 10.7 Å². The number of rotatable bonds is 3. The number of hydrogen-bond donors (Lipinski definition) is 1. The van der Waals surface area contributed by atoms with Crippen molar-refractivity contribution in [2.75, 3.05) is 5.84 Å². The number of hydrogen-bond acceptors (Lipinski definition) is 4. The molecule has 6 nitrogen and oxygen atoms in total. The highest BCUT2D eigenvalue weighted by atomic mass is 16.1. The molecule has 1 aromatic carbocycles. The first-order valence-electron chi connectivity index (χ1n) is 4.91. The third-order valence-corrected chi connectivity index (χ3v) is 2.24. The van der Waals surface area contributed by atoms with Crippen molar-refractivity contribution in [3.63, 3.8) is 0 Å². The summed E-state index contributed by atoms with van der Waals surface area (Å²) in [4.78, 5) is 11.8. The van der Waals surface area contributed by atoms with Crippen LogP contribution in [-0.2, 0) is 6.54 Å². The topological polar surface area (TPSA) is 88.6 Å². The van der Waals surface area contributed by atoms with Gasteiger partial charge in [0.1, 0.15) is 0 Å². The van der Waals surface area contributed by atoms with E-state index in [0.717, 1.165) is 0 Å². The molecule has 2 aromatic rings. The van der Waals surface area contributed by atoms with Crippen molar-refractivity contribution in [1.29, 1.82) is 5.26 Å². The average Bonchev–Trinajstić information content (AvgIpc) is 2.75. The zero-order valence-corrected chi connectivity index (χ0v) is 8.95. The SMILES string of the molecule is N#Cc1ccc(C(=O)Cn2c[n+](N)cn2)cc1. The molecule has 1 heterocycles. The first kappa shape index (κ1) is 10.8. The summed E-state index contributed by atoms with van der Waals surface area (Å²) >= 11 is 0. The van der Waals surface area contributed by atoms with Gasteiger partial charge in [-0.1, -0.05) is 0 Å². The van der Waals surface area contributed by atoms with Crippen LogP contribution in [0.25, 0.3) is 0 Å². The standard InChI is InChI=1S/C11H10N5O/c12-5-9-1-3-10(4-2-9)11(17)6-16-8-15(13)7-14-16/h1-4,7-8H,6,13H2/q+1. The van der Waals surface area contributed by atoms with E-state index in [4.69, 9.17) is 11.1 Å². The number of carbonyl (C=O) groups is 1. The van der Waals surface area contributed by atoms with Crippen molar-refractivity contribution in [3.8, 4) is 6.07 Å². The van der Waals surface area contributed by atoms with Crippen LogP contribution < -0.4 is 10.5 Å². The maximum Gasteiger partial charge on any atom is 0.286 e. The Morgan fingerprint density at radius 1 is 1.47 bits per heavy atom. The van der Waals surface area contributed by atoms with E-state index in [0.29, 0.717) is 11.1 Å². The summed E-state index contributed by atoms with van der Waals surface area (Å²) in [6.45, 7) is 0.121. The normalized spacial score (nSPS) is 9.82. The summed E-state index contributed by atoms with van der Waals surface area (Å²) in [6.07, 6.45) is 2.92. The molecule has 0 fully saturated rings. The summed E-state index contributed by atoms with van der Waals surface area (Å²) in [7, 11) is 0. The minimum Gasteiger partial charge on any atom is -0.290 e. The molecular weight excluding hydrogens is 218 g/mol. The second-order valence-electron chi connectivity index (χ2n) is 3.50. The van der Waals surface area contributed by atoms with Gasteiger partial charge in [-0.15, -0.1) is 9.36 Å². The van der Waals surface area contributed by atoms with E-state index in [2.05, 4.69) is 5.10 Å². The number of nitrogens with two attached hydrogens (primary N) is 1. The third kappa shape index (κ3) is 2.46. The first-order chi connectivity index (χ1) is 8.19. The highest BCUT2D eigenvalue weighted by molar-refractivity contribution is 5.95. The van der Waals surface area contributed by atoms with Gasteiger partial charge in [0.2, 0.25) is 6.33 Å². The molecule has 84 valence electrons. The predicted molar refractivity (Wildman–Crippen MR) is 58.1 cm³/mol. The van der Waals surface area contributed by atoms with Gasteiger partial charge in [-0.25, -0.2) is 0 Å². The monoisotopic (exact) mass is 228 g/mol. The van der Waals surface area contributed by atoms with Gasteiger partial charge in [-0.05, 0) is 24.3 Å². The molecule has 0 unspecified atom stereocenters. The second-order valence-corrected chi connectivity index (χ2v) is 3.50. The third-order valence-electron chi connectivity index (χ3n) is 2.24. The summed E-state index contributed by atoms with van der Waals surface area (Å²) in [6, 6.07) is 8.47. The van der Waals surface area contributed by atoms with Crippen LogP contribution >= 0.6 is 0 Å². The summed E-state index contributed by atoms with van der Waals surface area (Å²) in [5.41, 5.74) is 1.07. The summed E-state index contributed by atoms with van der Waals surface area (Å²) in [5, 5.41) is 12.5. The lowest BCUT2D eigenvalue weighted by molar-refractivity contribution is -0.639. The van der Waals surface area contributed by atoms with Crippen LogP contribution in [0.5, 0.6) is 0 Å². The molecule has 0 aliphatic carbocycles. The predicted octanol–water partition coefficient (Wildman–Crippen LogP) is -0.361. The molecule has 0 aliphatic heterocycles. The van der Waals surface area contributed by atoms with Crippen molar-refractivity contribution in [3.05, 3.63) is 48.0 Å². The van der Waals surface area contributed by atoms with Crippen molar-refractivity contribution < 1.29 is 9.47 Å².